The molecule has 3 aromatic carbocycles. The van der Waals surface area contributed by atoms with Gasteiger partial charge in [0.2, 0.25) is 10.0 Å². The van der Waals surface area contributed by atoms with Crippen LogP contribution in [0, 0.1) is 11.3 Å². The van der Waals surface area contributed by atoms with Gasteiger partial charge in [-0.05, 0) is 42.5 Å². The molecule has 0 atom stereocenters. The highest BCUT2D eigenvalue weighted by molar-refractivity contribution is 7.89. The smallest absolute Gasteiger partial charge is 0.243 e. The van der Waals surface area contributed by atoms with Crippen molar-refractivity contribution in [2.75, 3.05) is 26.3 Å². The number of nitriles is 1. The maximum atomic E-state index is 13.1. The number of hydrogen-bond acceptors (Lipinski definition) is 6. The van der Waals surface area contributed by atoms with Crippen molar-refractivity contribution in [3.05, 3.63) is 96.4 Å². The van der Waals surface area contributed by atoms with Crippen molar-refractivity contribution in [3.63, 3.8) is 0 Å². The molecule has 40 heavy (non-hydrogen) atoms. The van der Waals surface area contributed by atoms with Crippen LogP contribution < -0.4 is 0 Å². The number of imidazole rings is 1. The molecule has 0 unspecified atom stereocenters. The Bertz CT molecular complexity index is 1860. The van der Waals surface area contributed by atoms with Crippen LogP contribution in [-0.4, -0.2) is 58.4 Å². The highest BCUT2D eigenvalue weighted by Crippen LogP contribution is 2.30. The summed E-state index contributed by atoms with van der Waals surface area (Å²) in [6.45, 7) is 1.44. The number of hydrogen-bond donors (Lipinski definition) is 0. The summed E-state index contributed by atoms with van der Waals surface area (Å²) < 4.78 is 36.7. The molecule has 6 rings (SSSR count). The van der Waals surface area contributed by atoms with Crippen LogP contribution in [-0.2, 0) is 21.8 Å². The molecule has 0 bridgehead atoms. The molecule has 1 aliphatic rings. The molecule has 0 saturated carbocycles. The van der Waals surface area contributed by atoms with Gasteiger partial charge in [0, 0.05) is 37.5 Å². The van der Waals surface area contributed by atoms with Gasteiger partial charge < -0.3 is 9.30 Å². The lowest BCUT2D eigenvalue weighted by Gasteiger charge is -2.26. The van der Waals surface area contributed by atoms with Gasteiger partial charge in [-0.3, -0.25) is 0 Å². The fourth-order valence-corrected chi connectivity index (χ4v) is 6.25. The molecule has 5 aromatic rings. The Balaban J connectivity index is 1.44. The highest BCUT2D eigenvalue weighted by Gasteiger charge is 2.26. The quantitative estimate of drug-likeness (QED) is 0.288. The van der Waals surface area contributed by atoms with Crippen molar-refractivity contribution in [3.8, 4) is 23.0 Å². The summed E-state index contributed by atoms with van der Waals surface area (Å²) in [5.41, 5.74) is 5.02. The number of allylic oxidation sites excluding steroid dienone is 1. The Hall–Kier alpha value is -4.56. The van der Waals surface area contributed by atoms with E-state index >= 15 is 0 Å². The lowest BCUT2D eigenvalue weighted by atomic mass is 10.1. The molecule has 0 N–H and O–H groups in total. The molecular formula is C30H26N6O3S. The van der Waals surface area contributed by atoms with E-state index in [1.54, 1.807) is 35.0 Å². The number of ether oxygens (including phenoxy) is 1. The van der Waals surface area contributed by atoms with E-state index in [-0.39, 0.29) is 4.90 Å². The molecule has 3 heterocycles. The minimum atomic E-state index is -3.62. The molecule has 1 aliphatic heterocycles. The fraction of sp³-hybridized carbons (Fsp3) is 0.167. The van der Waals surface area contributed by atoms with Gasteiger partial charge in [0.1, 0.15) is 6.07 Å². The van der Waals surface area contributed by atoms with Gasteiger partial charge in [-0.25, -0.2) is 18.1 Å². The molecule has 1 fully saturated rings. The Kier molecular flexibility index (Phi) is 6.77. The minimum absolute atomic E-state index is 0.218. The molecule has 1 saturated heterocycles. The van der Waals surface area contributed by atoms with E-state index in [4.69, 9.17) is 14.8 Å². The van der Waals surface area contributed by atoms with E-state index in [0.717, 1.165) is 22.3 Å². The third-order valence-corrected chi connectivity index (χ3v) is 8.86. The van der Waals surface area contributed by atoms with Crippen LogP contribution in [0.2, 0.25) is 0 Å². The average Bonchev–Trinajstić information content (AvgIpc) is 3.58. The number of aryl methyl sites for hydroxylation is 1. The second-order valence-corrected chi connectivity index (χ2v) is 11.3. The second kappa shape index (κ2) is 10.5. The first kappa shape index (κ1) is 25.7. The number of fused-ring (bicyclic) bond motifs is 1. The summed E-state index contributed by atoms with van der Waals surface area (Å²) in [4.78, 5) is 4.91. The minimum Gasteiger partial charge on any atom is -0.379 e. The maximum Gasteiger partial charge on any atom is 0.243 e. The van der Waals surface area contributed by atoms with E-state index in [1.165, 1.54) is 4.31 Å². The van der Waals surface area contributed by atoms with Crippen molar-refractivity contribution in [2.24, 2.45) is 7.05 Å². The van der Waals surface area contributed by atoms with Crippen LogP contribution in [0.15, 0.2) is 90.0 Å². The van der Waals surface area contributed by atoms with E-state index in [9.17, 15) is 13.7 Å². The van der Waals surface area contributed by atoms with Gasteiger partial charge in [0.05, 0.1) is 46.1 Å². The first-order valence-electron chi connectivity index (χ1n) is 12.8. The lowest BCUT2D eigenvalue weighted by Crippen LogP contribution is -2.40. The normalized spacial score (nSPS) is 14.8. The van der Waals surface area contributed by atoms with Crippen molar-refractivity contribution in [1.29, 1.82) is 5.26 Å². The van der Waals surface area contributed by atoms with Crippen molar-refractivity contribution >= 4 is 32.7 Å². The summed E-state index contributed by atoms with van der Waals surface area (Å²) in [5.74, 6) is 0.550. The number of morpholine rings is 1. The van der Waals surface area contributed by atoms with Crippen LogP contribution in [0.5, 0.6) is 0 Å². The van der Waals surface area contributed by atoms with Gasteiger partial charge in [-0.2, -0.15) is 14.7 Å². The lowest BCUT2D eigenvalue weighted by molar-refractivity contribution is 0.0730. The van der Waals surface area contributed by atoms with Crippen LogP contribution in [0.3, 0.4) is 0 Å². The number of aromatic nitrogens is 4. The first-order valence-corrected chi connectivity index (χ1v) is 14.3. The van der Waals surface area contributed by atoms with Crippen LogP contribution in [0.4, 0.5) is 0 Å². The zero-order valence-electron chi connectivity index (χ0n) is 21.8. The Labute approximate surface area is 232 Å². The third kappa shape index (κ3) is 4.71. The summed E-state index contributed by atoms with van der Waals surface area (Å²) >= 11 is 0. The SMILES string of the molecule is Cn1c(C(C#N)=Cc2cn(-c3ccccc3)nc2-c2ccc(S(=O)(=O)N3CCOCC3)cc2)nc2ccccc21. The predicted molar refractivity (Wildman–Crippen MR) is 153 cm³/mol. The molecule has 200 valence electrons. The van der Waals surface area contributed by atoms with Crippen molar-refractivity contribution in [1.82, 2.24) is 23.6 Å². The summed E-state index contributed by atoms with van der Waals surface area (Å²) in [5, 5.41) is 15.0. The summed E-state index contributed by atoms with van der Waals surface area (Å²) in [6, 6.07) is 26.4. The largest absolute Gasteiger partial charge is 0.379 e. The number of para-hydroxylation sites is 3. The third-order valence-electron chi connectivity index (χ3n) is 6.95. The van der Waals surface area contributed by atoms with Gasteiger partial charge in [0.25, 0.3) is 0 Å². The number of nitrogens with zero attached hydrogens (tertiary/aromatic N) is 6. The number of sulfonamides is 1. The topological polar surface area (TPSA) is 106 Å². The number of benzene rings is 3. The molecule has 0 aliphatic carbocycles. The van der Waals surface area contributed by atoms with E-state index < -0.39 is 10.0 Å². The molecule has 0 amide bonds. The zero-order chi connectivity index (χ0) is 27.7. The zero-order valence-corrected chi connectivity index (χ0v) is 22.6. The van der Waals surface area contributed by atoms with Crippen molar-refractivity contribution < 1.29 is 13.2 Å². The van der Waals surface area contributed by atoms with Crippen LogP contribution in [0.1, 0.15) is 11.4 Å². The predicted octanol–water partition coefficient (Wildman–Crippen LogP) is 4.51. The summed E-state index contributed by atoms with van der Waals surface area (Å²) in [6.07, 6.45) is 3.64. The van der Waals surface area contributed by atoms with E-state index in [2.05, 4.69) is 6.07 Å². The first-order chi connectivity index (χ1) is 19.5. The Morgan fingerprint density at radius 2 is 1.68 bits per heavy atom. The molecule has 2 aromatic heterocycles. The van der Waals surface area contributed by atoms with Gasteiger partial charge in [0.15, 0.2) is 5.82 Å². The molecule has 0 radical (unpaired) electrons. The maximum absolute atomic E-state index is 13.1. The molecule has 9 nitrogen and oxygen atoms in total. The standard InChI is InChI=1S/C30H26N6O3S/c1-34-28-10-6-5-9-27(28)32-30(34)23(20-31)19-24-21-36(25-7-3-2-4-8-25)33-29(24)22-11-13-26(14-12-22)40(37,38)35-15-17-39-18-16-35/h2-14,19,21H,15-18H2,1H3. The van der Waals surface area contributed by atoms with Crippen LogP contribution in [0.25, 0.3) is 39.6 Å². The Morgan fingerprint density at radius 3 is 2.38 bits per heavy atom. The van der Waals surface area contributed by atoms with Gasteiger partial charge in [-0.1, -0.05) is 42.5 Å². The van der Waals surface area contributed by atoms with Crippen LogP contribution >= 0.6 is 0 Å². The second-order valence-electron chi connectivity index (χ2n) is 9.41. The number of rotatable bonds is 6. The molecule has 10 heteroatoms. The van der Waals surface area contributed by atoms with Gasteiger partial charge >= 0.3 is 0 Å². The fourth-order valence-electron chi connectivity index (χ4n) is 4.84. The Morgan fingerprint density at radius 1 is 0.975 bits per heavy atom. The van der Waals surface area contributed by atoms with E-state index in [1.807, 2.05) is 72.4 Å². The molecule has 0 spiro atoms. The molecular weight excluding hydrogens is 524 g/mol. The van der Waals surface area contributed by atoms with Crippen molar-refractivity contribution in [2.45, 2.75) is 4.90 Å². The summed E-state index contributed by atoms with van der Waals surface area (Å²) in [7, 11) is -1.74. The highest BCUT2D eigenvalue weighted by atomic mass is 32.2. The monoisotopic (exact) mass is 550 g/mol. The van der Waals surface area contributed by atoms with E-state index in [0.29, 0.717) is 49.0 Å². The average molecular weight is 551 g/mol. The van der Waals surface area contributed by atoms with Gasteiger partial charge in [-0.15, -0.1) is 0 Å².